The second kappa shape index (κ2) is 10.1. The second-order valence-electron chi connectivity index (χ2n) is 4.16. The molecule has 0 aliphatic rings. The number of hydrogen-bond donors (Lipinski definition) is 0. The van der Waals surface area contributed by atoms with Crippen LogP contribution in [-0.2, 0) is 0 Å². The predicted molar refractivity (Wildman–Crippen MR) is 77.9 cm³/mol. The van der Waals surface area contributed by atoms with E-state index in [2.05, 4.69) is 6.92 Å². The van der Waals surface area contributed by atoms with Crippen molar-refractivity contribution in [1.82, 2.24) is 0 Å². The van der Waals surface area contributed by atoms with Crippen molar-refractivity contribution in [2.75, 3.05) is 6.61 Å². The molecule has 0 unspecified atom stereocenters. The maximum atomic E-state index is 11.9. The molecule has 0 aliphatic heterocycles. The third-order valence-electron chi connectivity index (χ3n) is 2.49. The van der Waals surface area contributed by atoms with Crippen molar-refractivity contribution in [3.05, 3.63) is 66.5 Å². The molecule has 0 radical (unpaired) electrons. The second-order valence-corrected chi connectivity index (χ2v) is 4.16. The van der Waals surface area contributed by atoms with Crippen molar-refractivity contribution in [2.45, 2.75) is 26.2 Å². The maximum absolute atomic E-state index is 11.9. The smallest absolute Gasteiger partial charge is 0.123 e. The molecule has 0 saturated heterocycles. The fourth-order valence-corrected chi connectivity index (χ4v) is 1.47. The van der Waals surface area contributed by atoms with Crippen LogP contribution in [0.2, 0.25) is 0 Å². The molecule has 0 N–H and O–H groups in total. The minimum atomic E-state index is -0.178. The molecule has 0 atom stereocenters. The average molecular weight is 260 g/mol. The zero-order valence-corrected chi connectivity index (χ0v) is 11.4. The van der Waals surface area contributed by atoms with Gasteiger partial charge in [-0.1, -0.05) is 56.2 Å². The molecule has 0 fully saturated rings. The van der Waals surface area contributed by atoms with Gasteiger partial charge in [0.05, 0.1) is 6.61 Å². The molecule has 0 amide bonds. The van der Waals surface area contributed by atoms with E-state index in [1.807, 2.05) is 30.3 Å². The highest BCUT2D eigenvalue weighted by Gasteiger charge is 1.89. The summed E-state index contributed by atoms with van der Waals surface area (Å²) in [6.45, 7) is 3.04. The van der Waals surface area contributed by atoms with Gasteiger partial charge in [0.15, 0.2) is 0 Å². The van der Waals surface area contributed by atoms with E-state index in [4.69, 9.17) is 4.74 Å². The first kappa shape index (κ1) is 15.2. The topological polar surface area (TPSA) is 9.23 Å². The van der Waals surface area contributed by atoms with E-state index in [9.17, 15) is 4.39 Å². The Kier molecular flexibility index (Phi) is 8.12. The Morgan fingerprint density at radius 2 is 1.42 bits per heavy atom. The van der Waals surface area contributed by atoms with Crippen LogP contribution in [0.4, 0.5) is 4.39 Å². The van der Waals surface area contributed by atoms with Crippen LogP contribution in [0.25, 0.3) is 0 Å². The Bertz CT molecular complexity index is 414. The van der Waals surface area contributed by atoms with E-state index in [1.54, 1.807) is 18.2 Å². The number of benzene rings is 2. The van der Waals surface area contributed by atoms with E-state index in [-0.39, 0.29) is 5.82 Å². The van der Waals surface area contributed by atoms with Crippen molar-refractivity contribution in [3.63, 3.8) is 0 Å². The first-order valence-corrected chi connectivity index (χ1v) is 6.71. The van der Waals surface area contributed by atoms with Gasteiger partial charge in [-0.15, -0.1) is 0 Å². The zero-order chi connectivity index (χ0) is 13.8. The van der Waals surface area contributed by atoms with Crippen LogP contribution < -0.4 is 4.74 Å². The number of para-hydroxylation sites is 1. The summed E-state index contributed by atoms with van der Waals surface area (Å²) in [5.74, 6) is 0.802. The van der Waals surface area contributed by atoms with E-state index in [0.717, 1.165) is 18.8 Å². The van der Waals surface area contributed by atoms with Crippen molar-refractivity contribution in [3.8, 4) is 5.75 Å². The quantitative estimate of drug-likeness (QED) is 0.681. The molecule has 1 nitrogen and oxygen atoms in total. The number of halogens is 1. The molecular formula is C17H21FO. The van der Waals surface area contributed by atoms with Gasteiger partial charge < -0.3 is 4.74 Å². The average Bonchev–Trinajstić information content (AvgIpc) is 2.46. The van der Waals surface area contributed by atoms with E-state index in [0.29, 0.717) is 0 Å². The lowest BCUT2D eigenvalue weighted by molar-refractivity contribution is 0.306. The summed E-state index contributed by atoms with van der Waals surface area (Å²) in [7, 11) is 0. The van der Waals surface area contributed by atoms with Crippen molar-refractivity contribution < 1.29 is 9.13 Å². The van der Waals surface area contributed by atoms with E-state index >= 15 is 0 Å². The van der Waals surface area contributed by atoms with Gasteiger partial charge in [-0.05, 0) is 30.7 Å². The summed E-state index contributed by atoms with van der Waals surface area (Å²) in [5.41, 5.74) is 0. The minimum Gasteiger partial charge on any atom is -0.494 e. The molecule has 2 aromatic carbocycles. The highest BCUT2D eigenvalue weighted by atomic mass is 19.1. The van der Waals surface area contributed by atoms with Crippen LogP contribution in [0.3, 0.4) is 0 Å². The molecule has 0 aliphatic carbocycles. The highest BCUT2D eigenvalue weighted by molar-refractivity contribution is 5.20. The predicted octanol–water partition coefficient (Wildman–Crippen LogP) is 5.08. The lowest BCUT2D eigenvalue weighted by Gasteiger charge is -2.04. The van der Waals surface area contributed by atoms with Crippen LogP contribution in [0.15, 0.2) is 60.7 Å². The number of unbranched alkanes of at least 4 members (excludes halogenated alkanes) is 2. The van der Waals surface area contributed by atoms with E-state index < -0.39 is 0 Å². The summed E-state index contributed by atoms with van der Waals surface area (Å²) in [6, 6.07) is 17.9. The van der Waals surface area contributed by atoms with Gasteiger partial charge in [-0.2, -0.15) is 0 Å². The number of hydrogen-bond acceptors (Lipinski definition) is 1. The Balaban J connectivity index is 0.000000218. The van der Waals surface area contributed by atoms with Gasteiger partial charge in [0, 0.05) is 0 Å². The van der Waals surface area contributed by atoms with E-state index in [1.165, 1.54) is 25.0 Å². The SMILES string of the molecule is CCCCCOc1ccccc1.Fc1ccccc1. The summed E-state index contributed by atoms with van der Waals surface area (Å²) >= 11 is 0. The molecule has 19 heavy (non-hydrogen) atoms. The van der Waals surface area contributed by atoms with Crippen molar-refractivity contribution in [1.29, 1.82) is 0 Å². The normalized spacial score (nSPS) is 9.37. The van der Waals surface area contributed by atoms with Crippen LogP contribution in [0, 0.1) is 5.82 Å². The van der Waals surface area contributed by atoms with Crippen LogP contribution in [-0.4, -0.2) is 6.61 Å². The van der Waals surface area contributed by atoms with Crippen LogP contribution in [0.1, 0.15) is 26.2 Å². The summed E-state index contributed by atoms with van der Waals surface area (Å²) in [6.07, 6.45) is 3.66. The van der Waals surface area contributed by atoms with Gasteiger partial charge in [0.2, 0.25) is 0 Å². The molecule has 0 spiro atoms. The largest absolute Gasteiger partial charge is 0.494 e. The van der Waals surface area contributed by atoms with Gasteiger partial charge in [-0.3, -0.25) is 0 Å². The first-order chi connectivity index (χ1) is 9.33. The third-order valence-corrected chi connectivity index (χ3v) is 2.49. The first-order valence-electron chi connectivity index (χ1n) is 6.71. The number of rotatable bonds is 5. The van der Waals surface area contributed by atoms with Crippen molar-refractivity contribution in [2.24, 2.45) is 0 Å². The Hall–Kier alpha value is -1.83. The summed E-state index contributed by atoms with van der Waals surface area (Å²) < 4.78 is 17.4. The molecule has 2 heteroatoms. The van der Waals surface area contributed by atoms with Gasteiger partial charge >= 0.3 is 0 Å². The van der Waals surface area contributed by atoms with Gasteiger partial charge in [0.25, 0.3) is 0 Å². The summed E-state index contributed by atoms with van der Waals surface area (Å²) in [5, 5.41) is 0. The Morgan fingerprint density at radius 3 is 1.89 bits per heavy atom. The highest BCUT2D eigenvalue weighted by Crippen LogP contribution is 2.08. The van der Waals surface area contributed by atoms with Crippen molar-refractivity contribution >= 4 is 0 Å². The molecule has 102 valence electrons. The lowest BCUT2D eigenvalue weighted by Crippen LogP contribution is -1.96. The maximum Gasteiger partial charge on any atom is 0.123 e. The minimum absolute atomic E-state index is 0.178. The lowest BCUT2D eigenvalue weighted by atomic mass is 10.3. The van der Waals surface area contributed by atoms with Crippen LogP contribution in [0.5, 0.6) is 5.75 Å². The molecule has 0 heterocycles. The Labute approximate surface area is 115 Å². The Morgan fingerprint density at radius 1 is 0.842 bits per heavy atom. The molecule has 0 aromatic heterocycles. The molecule has 2 rings (SSSR count). The molecule has 2 aromatic rings. The fraction of sp³-hybridized carbons (Fsp3) is 0.294. The van der Waals surface area contributed by atoms with Gasteiger partial charge in [-0.25, -0.2) is 4.39 Å². The summed E-state index contributed by atoms with van der Waals surface area (Å²) in [4.78, 5) is 0. The molecular weight excluding hydrogens is 239 g/mol. The van der Waals surface area contributed by atoms with Gasteiger partial charge in [0.1, 0.15) is 11.6 Å². The third kappa shape index (κ3) is 7.98. The molecule has 0 bridgehead atoms. The molecule has 0 saturated carbocycles. The zero-order valence-electron chi connectivity index (χ0n) is 11.4. The standard InChI is InChI=1S/C11H16O.C6H5F/c1-2-3-7-10-12-11-8-5-4-6-9-11;7-6-4-2-1-3-5-6/h4-6,8-9H,2-3,7,10H2,1H3;1-5H. The number of ether oxygens (including phenoxy) is 1. The fourth-order valence-electron chi connectivity index (χ4n) is 1.47. The van der Waals surface area contributed by atoms with Crippen LogP contribution >= 0.6 is 0 Å². The monoisotopic (exact) mass is 260 g/mol.